The minimum atomic E-state index is -1.05. The average Bonchev–Trinajstić information content (AvgIpc) is 3.04. The van der Waals surface area contributed by atoms with Crippen molar-refractivity contribution in [2.75, 3.05) is 11.9 Å². The molecule has 130 valence electrons. The first kappa shape index (κ1) is 17.2. The minimum absolute atomic E-state index is 0.106. The zero-order chi connectivity index (χ0) is 18.1. The number of aromatic carboxylic acids is 1. The fourth-order valence-corrected chi connectivity index (χ4v) is 4.25. The SMILES string of the molecule is CCc1c(C)sc(NC(=O)CN2Cc3ccccc3C2=O)c1C(=O)O. The lowest BCUT2D eigenvalue weighted by atomic mass is 10.1. The van der Waals surface area contributed by atoms with Crippen LogP contribution in [0.5, 0.6) is 0 Å². The first-order valence-electron chi connectivity index (χ1n) is 7.95. The molecule has 2 amide bonds. The molecule has 1 aromatic heterocycles. The Morgan fingerprint density at radius 2 is 2.04 bits per heavy atom. The molecule has 0 saturated heterocycles. The number of hydrogen-bond acceptors (Lipinski definition) is 4. The molecule has 7 heteroatoms. The summed E-state index contributed by atoms with van der Waals surface area (Å²) in [7, 11) is 0. The van der Waals surface area contributed by atoms with Crippen LogP contribution in [0.15, 0.2) is 24.3 Å². The van der Waals surface area contributed by atoms with E-state index in [-0.39, 0.29) is 18.0 Å². The van der Waals surface area contributed by atoms with Gasteiger partial charge in [-0.15, -0.1) is 11.3 Å². The molecule has 2 N–H and O–H groups in total. The van der Waals surface area contributed by atoms with Crippen molar-refractivity contribution in [2.24, 2.45) is 0 Å². The number of fused-ring (bicyclic) bond motifs is 1. The second-order valence-electron chi connectivity index (χ2n) is 5.87. The molecule has 0 fully saturated rings. The molecule has 0 bridgehead atoms. The predicted molar refractivity (Wildman–Crippen MR) is 95.2 cm³/mol. The number of hydrogen-bond donors (Lipinski definition) is 2. The molecule has 0 atom stereocenters. The molecule has 0 spiro atoms. The van der Waals surface area contributed by atoms with Crippen LogP contribution in [0.4, 0.5) is 5.00 Å². The van der Waals surface area contributed by atoms with Gasteiger partial charge in [0, 0.05) is 17.0 Å². The zero-order valence-electron chi connectivity index (χ0n) is 14.0. The molecule has 0 radical (unpaired) electrons. The Hall–Kier alpha value is -2.67. The largest absolute Gasteiger partial charge is 0.478 e. The van der Waals surface area contributed by atoms with Crippen LogP contribution >= 0.6 is 11.3 Å². The quantitative estimate of drug-likeness (QED) is 0.860. The van der Waals surface area contributed by atoms with Gasteiger partial charge >= 0.3 is 5.97 Å². The molecule has 1 aliphatic rings. The van der Waals surface area contributed by atoms with E-state index >= 15 is 0 Å². The van der Waals surface area contributed by atoms with Crippen LogP contribution in [0.25, 0.3) is 0 Å². The topological polar surface area (TPSA) is 86.7 Å². The fourth-order valence-electron chi connectivity index (χ4n) is 3.10. The van der Waals surface area contributed by atoms with E-state index in [4.69, 9.17) is 0 Å². The number of amides is 2. The summed E-state index contributed by atoms with van der Waals surface area (Å²) in [5.74, 6) is -1.63. The third-order valence-electron chi connectivity index (χ3n) is 4.26. The van der Waals surface area contributed by atoms with Gasteiger partial charge in [-0.2, -0.15) is 0 Å². The summed E-state index contributed by atoms with van der Waals surface area (Å²) in [6.07, 6.45) is 0.583. The van der Waals surface area contributed by atoms with E-state index < -0.39 is 11.9 Å². The molecule has 0 unspecified atom stereocenters. The minimum Gasteiger partial charge on any atom is -0.478 e. The number of nitrogens with one attached hydrogen (secondary N) is 1. The molecule has 3 rings (SSSR count). The molecule has 0 saturated carbocycles. The normalized spacial score (nSPS) is 13.0. The number of benzene rings is 1. The van der Waals surface area contributed by atoms with Crippen LogP contribution in [0, 0.1) is 6.92 Å². The van der Waals surface area contributed by atoms with Crippen LogP contribution in [0.3, 0.4) is 0 Å². The highest BCUT2D eigenvalue weighted by Gasteiger charge is 2.29. The second kappa shape index (κ2) is 6.68. The Morgan fingerprint density at radius 1 is 1.32 bits per heavy atom. The fraction of sp³-hybridized carbons (Fsp3) is 0.278. The van der Waals surface area contributed by atoms with Gasteiger partial charge in [-0.05, 0) is 30.5 Å². The van der Waals surface area contributed by atoms with Crippen LogP contribution in [-0.2, 0) is 17.8 Å². The smallest absolute Gasteiger partial charge is 0.339 e. The predicted octanol–water partition coefficient (Wildman–Crippen LogP) is 2.91. The molecule has 2 aromatic rings. The number of carboxylic acid groups (broad SMARTS) is 1. The van der Waals surface area contributed by atoms with E-state index in [2.05, 4.69) is 5.32 Å². The number of anilines is 1. The summed E-state index contributed by atoms with van der Waals surface area (Å²) < 4.78 is 0. The highest BCUT2D eigenvalue weighted by Crippen LogP contribution is 2.33. The zero-order valence-corrected chi connectivity index (χ0v) is 14.8. The number of carbonyl (C=O) groups is 3. The first-order valence-corrected chi connectivity index (χ1v) is 8.76. The molecule has 1 aromatic carbocycles. The van der Waals surface area contributed by atoms with Crippen molar-refractivity contribution in [3.05, 3.63) is 51.4 Å². The van der Waals surface area contributed by atoms with Gasteiger partial charge in [0.1, 0.15) is 11.5 Å². The number of carboxylic acids is 1. The number of carbonyl (C=O) groups excluding carboxylic acids is 2. The summed E-state index contributed by atoms with van der Waals surface area (Å²) in [5, 5.41) is 12.4. The lowest BCUT2D eigenvalue weighted by Crippen LogP contribution is -2.33. The standard InChI is InChI=1S/C18H18N2O4S/c1-3-12-10(2)25-16(15(12)18(23)24)19-14(21)9-20-8-11-6-4-5-7-13(11)17(20)22/h4-7H,3,8-9H2,1-2H3,(H,19,21)(H,23,24). The van der Waals surface area contributed by atoms with Crippen molar-refractivity contribution in [3.8, 4) is 0 Å². The second-order valence-corrected chi connectivity index (χ2v) is 7.09. The third kappa shape index (κ3) is 3.15. The van der Waals surface area contributed by atoms with Gasteiger partial charge in [-0.25, -0.2) is 4.79 Å². The Kier molecular flexibility index (Phi) is 4.59. The van der Waals surface area contributed by atoms with Crippen LogP contribution in [0.1, 0.15) is 43.6 Å². The molecule has 1 aliphatic heterocycles. The third-order valence-corrected chi connectivity index (χ3v) is 5.32. The number of rotatable bonds is 5. The molecule has 25 heavy (non-hydrogen) atoms. The molecule has 6 nitrogen and oxygen atoms in total. The average molecular weight is 358 g/mol. The van der Waals surface area contributed by atoms with Crippen LogP contribution in [0.2, 0.25) is 0 Å². The Balaban J connectivity index is 1.75. The highest BCUT2D eigenvalue weighted by molar-refractivity contribution is 7.16. The summed E-state index contributed by atoms with van der Waals surface area (Å²) in [4.78, 5) is 38.5. The number of thiophene rings is 1. The number of aryl methyl sites for hydroxylation is 1. The first-order chi connectivity index (χ1) is 11.9. The van der Waals surface area contributed by atoms with Gasteiger partial charge in [0.05, 0.1) is 5.56 Å². The van der Waals surface area contributed by atoms with Crippen LogP contribution in [-0.4, -0.2) is 34.3 Å². The molecule has 2 heterocycles. The van der Waals surface area contributed by atoms with E-state index in [0.717, 1.165) is 16.0 Å². The van der Waals surface area contributed by atoms with E-state index in [1.807, 2.05) is 26.0 Å². The Labute approximate surface area is 149 Å². The van der Waals surface area contributed by atoms with Crippen molar-refractivity contribution in [1.82, 2.24) is 4.90 Å². The summed E-state index contributed by atoms with van der Waals surface area (Å²) >= 11 is 1.25. The lowest BCUT2D eigenvalue weighted by molar-refractivity contribution is -0.116. The Morgan fingerprint density at radius 3 is 2.68 bits per heavy atom. The van der Waals surface area contributed by atoms with Crippen molar-refractivity contribution in [2.45, 2.75) is 26.8 Å². The van der Waals surface area contributed by atoms with E-state index in [1.165, 1.54) is 16.2 Å². The van der Waals surface area contributed by atoms with Gasteiger partial charge in [0.25, 0.3) is 5.91 Å². The van der Waals surface area contributed by atoms with E-state index in [9.17, 15) is 19.5 Å². The van der Waals surface area contributed by atoms with Crippen molar-refractivity contribution < 1.29 is 19.5 Å². The van der Waals surface area contributed by atoms with E-state index in [0.29, 0.717) is 23.5 Å². The van der Waals surface area contributed by atoms with Crippen molar-refractivity contribution in [1.29, 1.82) is 0 Å². The van der Waals surface area contributed by atoms with E-state index in [1.54, 1.807) is 12.1 Å². The maximum Gasteiger partial charge on any atom is 0.339 e. The lowest BCUT2D eigenvalue weighted by Gasteiger charge is -2.15. The summed E-state index contributed by atoms with van der Waals surface area (Å²) in [6.45, 7) is 4.00. The van der Waals surface area contributed by atoms with Gasteiger partial charge in [0.15, 0.2) is 0 Å². The van der Waals surface area contributed by atoms with Crippen molar-refractivity contribution in [3.63, 3.8) is 0 Å². The monoisotopic (exact) mass is 358 g/mol. The van der Waals surface area contributed by atoms with Gasteiger partial charge < -0.3 is 15.3 Å². The molecular weight excluding hydrogens is 340 g/mol. The maximum atomic E-state index is 12.4. The highest BCUT2D eigenvalue weighted by atomic mass is 32.1. The Bertz CT molecular complexity index is 872. The summed E-state index contributed by atoms with van der Waals surface area (Å²) in [6, 6.07) is 7.26. The molecular formula is C18H18N2O4S. The van der Waals surface area contributed by atoms with Gasteiger partial charge in [-0.3, -0.25) is 9.59 Å². The number of nitrogens with zero attached hydrogens (tertiary/aromatic N) is 1. The maximum absolute atomic E-state index is 12.4. The summed E-state index contributed by atoms with van der Waals surface area (Å²) in [5.41, 5.74) is 2.39. The van der Waals surface area contributed by atoms with Crippen LogP contribution < -0.4 is 5.32 Å². The van der Waals surface area contributed by atoms with Gasteiger partial charge in [-0.1, -0.05) is 25.1 Å². The molecule has 0 aliphatic carbocycles. The van der Waals surface area contributed by atoms with Crippen molar-refractivity contribution >= 4 is 34.1 Å². The van der Waals surface area contributed by atoms with Gasteiger partial charge in [0.2, 0.25) is 5.91 Å².